The lowest BCUT2D eigenvalue weighted by molar-refractivity contribution is 0.0697. The molecule has 132 valence electrons. The zero-order chi connectivity index (χ0) is 18.4. The highest BCUT2D eigenvalue weighted by Crippen LogP contribution is 2.33. The molecule has 0 unspecified atom stereocenters. The highest BCUT2D eigenvalue weighted by atomic mass is 32.2. The van der Waals surface area contributed by atoms with Crippen LogP contribution in [-0.4, -0.2) is 37.5 Å². The number of anilines is 1. The van der Waals surface area contributed by atoms with E-state index in [0.717, 1.165) is 11.3 Å². The molecule has 0 radical (unpaired) electrons. The number of benzene rings is 2. The van der Waals surface area contributed by atoms with Gasteiger partial charge in [-0.3, -0.25) is 4.79 Å². The van der Waals surface area contributed by atoms with Crippen LogP contribution in [0.3, 0.4) is 0 Å². The molecule has 0 spiro atoms. The van der Waals surface area contributed by atoms with Crippen molar-refractivity contribution in [1.29, 1.82) is 0 Å². The molecule has 0 aliphatic heterocycles. The van der Waals surface area contributed by atoms with Crippen molar-refractivity contribution in [3.8, 4) is 11.5 Å². The van der Waals surface area contributed by atoms with Crippen LogP contribution in [0.1, 0.15) is 26.3 Å². The van der Waals surface area contributed by atoms with E-state index in [0.29, 0.717) is 11.3 Å². The maximum atomic E-state index is 12.4. The molecule has 0 saturated carbocycles. The van der Waals surface area contributed by atoms with Crippen molar-refractivity contribution in [1.82, 2.24) is 0 Å². The van der Waals surface area contributed by atoms with Gasteiger partial charge in [-0.25, -0.2) is 4.79 Å². The van der Waals surface area contributed by atoms with E-state index in [9.17, 15) is 14.7 Å². The second-order valence-corrected chi connectivity index (χ2v) is 6.01. The van der Waals surface area contributed by atoms with E-state index in [1.165, 1.54) is 26.4 Å². The lowest BCUT2D eigenvalue weighted by Gasteiger charge is -2.14. The lowest BCUT2D eigenvalue weighted by atomic mass is 10.1. The molecule has 0 heterocycles. The van der Waals surface area contributed by atoms with E-state index in [-0.39, 0.29) is 17.0 Å². The zero-order valence-electron chi connectivity index (χ0n) is 14.2. The average molecular weight is 361 g/mol. The standard InChI is InChI=1S/C18H19NO5S/c1-23-15-8-13(18(21)22)14(9-16(15)24-2)19-17(20)12-6-4-11(5-7-12)10-25-3/h4-9H,10H2,1-3H3,(H,19,20)(H,21,22). The van der Waals surface area contributed by atoms with Crippen molar-refractivity contribution < 1.29 is 24.2 Å². The predicted octanol–water partition coefficient (Wildman–Crippen LogP) is 3.52. The Morgan fingerprint density at radius 3 is 2.20 bits per heavy atom. The number of aromatic carboxylic acids is 1. The van der Waals surface area contributed by atoms with Gasteiger partial charge < -0.3 is 19.9 Å². The average Bonchev–Trinajstić information content (AvgIpc) is 2.61. The van der Waals surface area contributed by atoms with Crippen LogP contribution >= 0.6 is 11.8 Å². The van der Waals surface area contributed by atoms with E-state index in [2.05, 4.69) is 5.32 Å². The molecular formula is C18H19NO5S. The van der Waals surface area contributed by atoms with Gasteiger partial charge in [0.2, 0.25) is 0 Å². The first kappa shape index (κ1) is 18.7. The number of carboxylic acid groups (broad SMARTS) is 1. The van der Waals surface area contributed by atoms with Gasteiger partial charge in [0.25, 0.3) is 5.91 Å². The highest BCUT2D eigenvalue weighted by Gasteiger charge is 2.18. The fourth-order valence-electron chi connectivity index (χ4n) is 2.27. The summed E-state index contributed by atoms with van der Waals surface area (Å²) < 4.78 is 10.3. The SMILES string of the molecule is COc1cc(NC(=O)c2ccc(CSC)cc2)c(C(=O)O)cc1OC. The number of amides is 1. The number of thioether (sulfide) groups is 1. The lowest BCUT2D eigenvalue weighted by Crippen LogP contribution is -2.15. The first-order chi connectivity index (χ1) is 12.0. The number of carbonyl (C=O) groups is 2. The van der Waals surface area contributed by atoms with E-state index in [1.807, 2.05) is 18.4 Å². The second-order valence-electron chi connectivity index (χ2n) is 5.14. The van der Waals surface area contributed by atoms with Crippen LogP contribution < -0.4 is 14.8 Å². The van der Waals surface area contributed by atoms with Gasteiger partial charge in [-0.05, 0) is 24.0 Å². The molecule has 0 bridgehead atoms. The Kier molecular flexibility index (Phi) is 6.30. The van der Waals surface area contributed by atoms with E-state index in [4.69, 9.17) is 9.47 Å². The second kappa shape index (κ2) is 8.43. The largest absolute Gasteiger partial charge is 0.493 e. The molecule has 2 rings (SSSR count). The summed E-state index contributed by atoms with van der Waals surface area (Å²) in [6.45, 7) is 0. The van der Waals surface area contributed by atoms with Crippen LogP contribution in [-0.2, 0) is 5.75 Å². The maximum Gasteiger partial charge on any atom is 0.337 e. The number of hydrogen-bond donors (Lipinski definition) is 2. The number of hydrogen-bond acceptors (Lipinski definition) is 5. The van der Waals surface area contributed by atoms with Gasteiger partial charge in [0.15, 0.2) is 11.5 Å². The quantitative estimate of drug-likeness (QED) is 0.785. The number of carbonyl (C=O) groups excluding carboxylic acids is 1. The Bertz CT molecular complexity index is 774. The smallest absolute Gasteiger partial charge is 0.337 e. The van der Waals surface area contributed by atoms with Crippen LogP contribution in [0.25, 0.3) is 0 Å². The van der Waals surface area contributed by atoms with Crippen molar-refractivity contribution in [2.24, 2.45) is 0 Å². The van der Waals surface area contributed by atoms with Crippen LogP contribution in [0, 0.1) is 0 Å². The fraction of sp³-hybridized carbons (Fsp3) is 0.222. The van der Waals surface area contributed by atoms with Gasteiger partial charge in [0, 0.05) is 23.4 Å². The number of ether oxygens (including phenoxy) is 2. The van der Waals surface area contributed by atoms with Crippen molar-refractivity contribution in [3.05, 3.63) is 53.1 Å². The predicted molar refractivity (Wildman–Crippen MR) is 98.1 cm³/mol. The molecule has 0 aliphatic carbocycles. The third kappa shape index (κ3) is 4.45. The van der Waals surface area contributed by atoms with Crippen molar-refractivity contribution in [3.63, 3.8) is 0 Å². The summed E-state index contributed by atoms with van der Waals surface area (Å²) >= 11 is 1.69. The first-order valence-electron chi connectivity index (χ1n) is 7.38. The van der Waals surface area contributed by atoms with Gasteiger partial charge >= 0.3 is 5.97 Å². The fourth-order valence-corrected chi connectivity index (χ4v) is 2.80. The molecule has 6 nitrogen and oxygen atoms in total. The summed E-state index contributed by atoms with van der Waals surface area (Å²) in [5, 5.41) is 12.0. The summed E-state index contributed by atoms with van der Waals surface area (Å²) in [5.41, 5.74) is 1.62. The van der Waals surface area contributed by atoms with Crippen molar-refractivity contribution in [2.75, 3.05) is 25.8 Å². The Morgan fingerprint density at radius 2 is 1.68 bits per heavy atom. The van der Waals surface area contributed by atoms with Crippen LogP contribution in [0.4, 0.5) is 5.69 Å². The topological polar surface area (TPSA) is 84.9 Å². The van der Waals surface area contributed by atoms with Crippen LogP contribution in [0.5, 0.6) is 11.5 Å². The molecule has 0 atom stereocenters. The Hall–Kier alpha value is -2.67. The van der Waals surface area contributed by atoms with Crippen LogP contribution in [0.15, 0.2) is 36.4 Å². The molecule has 2 aromatic rings. The normalized spacial score (nSPS) is 10.2. The number of rotatable bonds is 7. The minimum absolute atomic E-state index is 0.0787. The Balaban J connectivity index is 2.31. The minimum atomic E-state index is -1.17. The summed E-state index contributed by atoms with van der Waals surface area (Å²) in [4.78, 5) is 23.9. The van der Waals surface area contributed by atoms with Gasteiger partial charge in [0.05, 0.1) is 25.5 Å². The van der Waals surface area contributed by atoms with E-state index < -0.39 is 11.9 Å². The molecular weight excluding hydrogens is 342 g/mol. The van der Waals surface area contributed by atoms with E-state index >= 15 is 0 Å². The molecule has 0 saturated heterocycles. The van der Waals surface area contributed by atoms with Gasteiger partial charge in [-0.2, -0.15) is 11.8 Å². The maximum absolute atomic E-state index is 12.4. The zero-order valence-corrected chi connectivity index (χ0v) is 15.0. The van der Waals surface area contributed by atoms with Gasteiger partial charge in [-0.1, -0.05) is 12.1 Å². The Morgan fingerprint density at radius 1 is 1.08 bits per heavy atom. The number of nitrogens with one attached hydrogen (secondary N) is 1. The number of methoxy groups -OCH3 is 2. The van der Waals surface area contributed by atoms with E-state index in [1.54, 1.807) is 23.9 Å². The van der Waals surface area contributed by atoms with Crippen LogP contribution in [0.2, 0.25) is 0 Å². The summed E-state index contributed by atoms with van der Waals surface area (Å²) in [6, 6.07) is 9.92. The van der Waals surface area contributed by atoms with Gasteiger partial charge in [0.1, 0.15) is 0 Å². The highest BCUT2D eigenvalue weighted by molar-refractivity contribution is 7.97. The molecule has 1 amide bonds. The third-order valence-electron chi connectivity index (χ3n) is 3.53. The molecule has 0 aliphatic rings. The molecule has 0 aromatic heterocycles. The molecule has 0 fully saturated rings. The summed E-state index contributed by atoms with van der Waals surface area (Å²) in [5.74, 6) is -0.102. The first-order valence-corrected chi connectivity index (χ1v) is 8.78. The summed E-state index contributed by atoms with van der Waals surface area (Å²) in [7, 11) is 2.85. The van der Waals surface area contributed by atoms with Gasteiger partial charge in [-0.15, -0.1) is 0 Å². The minimum Gasteiger partial charge on any atom is -0.493 e. The van der Waals surface area contributed by atoms with Crippen molar-refractivity contribution in [2.45, 2.75) is 5.75 Å². The molecule has 7 heteroatoms. The molecule has 2 N–H and O–H groups in total. The molecule has 2 aromatic carbocycles. The number of carboxylic acids is 1. The Labute approximate surface area is 150 Å². The molecule has 25 heavy (non-hydrogen) atoms. The third-order valence-corrected chi connectivity index (χ3v) is 4.15. The summed E-state index contributed by atoms with van der Waals surface area (Å²) in [6.07, 6.45) is 2.01. The monoisotopic (exact) mass is 361 g/mol. The van der Waals surface area contributed by atoms with Crippen molar-refractivity contribution >= 4 is 29.3 Å².